The number of halogens is 3. The van der Waals surface area contributed by atoms with Gasteiger partial charge in [-0.25, -0.2) is 0 Å². The predicted molar refractivity (Wildman–Crippen MR) is 103 cm³/mol. The number of hydrogen-bond acceptors (Lipinski definition) is 3. The van der Waals surface area contributed by atoms with Crippen molar-refractivity contribution < 1.29 is 18.0 Å². The number of anilines is 1. The van der Waals surface area contributed by atoms with Gasteiger partial charge in [-0.05, 0) is 41.7 Å². The first kappa shape index (κ1) is 18.7. The maximum absolute atomic E-state index is 13.1. The summed E-state index contributed by atoms with van der Waals surface area (Å²) in [7, 11) is 0. The number of carbonyl (C=O) groups excluding carboxylic acids is 1. The second kappa shape index (κ2) is 6.47. The van der Waals surface area contributed by atoms with Gasteiger partial charge in [0.2, 0.25) is 0 Å². The first-order chi connectivity index (χ1) is 13.1. The monoisotopic (exact) mass is 386 g/mol. The van der Waals surface area contributed by atoms with Gasteiger partial charge in [-0.15, -0.1) is 0 Å². The molecule has 0 saturated heterocycles. The van der Waals surface area contributed by atoms with Crippen LogP contribution >= 0.6 is 0 Å². The van der Waals surface area contributed by atoms with E-state index in [0.717, 1.165) is 29.2 Å². The van der Waals surface area contributed by atoms with Crippen molar-refractivity contribution in [2.24, 2.45) is 16.3 Å². The van der Waals surface area contributed by atoms with Crippen LogP contribution in [-0.2, 0) is 11.0 Å². The Morgan fingerprint density at radius 1 is 1.04 bits per heavy atom. The zero-order chi connectivity index (χ0) is 20.1. The highest BCUT2D eigenvalue weighted by molar-refractivity contribution is 6.10. The number of benzene rings is 2. The molecular formula is C22H21F3N2O. The predicted octanol–water partition coefficient (Wildman–Crippen LogP) is 5.95. The number of hydrogen-bond donors (Lipinski definition) is 1. The van der Waals surface area contributed by atoms with E-state index in [9.17, 15) is 18.0 Å². The number of fused-ring (bicyclic) bond motifs is 2. The number of carbonyl (C=O) groups is 1. The van der Waals surface area contributed by atoms with Crippen LogP contribution in [0.25, 0.3) is 0 Å². The maximum atomic E-state index is 13.1. The Kier molecular flexibility index (Phi) is 4.32. The molecule has 6 heteroatoms. The molecule has 1 aliphatic heterocycles. The largest absolute Gasteiger partial charge is 0.416 e. The lowest BCUT2D eigenvalue weighted by molar-refractivity contribution is -0.137. The van der Waals surface area contributed by atoms with Gasteiger partial charge in [0.25, 0.3) is 0 Å². The van der Waals surface area contributed by atoms with Gasteiger partial charge in [-0.1, -0.05) is 38.1 Å². The Balaban J connectivity index is 1.80. The Morgan fingerprint density at radius 2 is 1.71 bits per heavy atom. The molecule has 0 bridgehead atoms. The lowest BCUT2D eigenvalue weighted by atomic mass is 9.68. The first-order valence-corrected chi connectivity index (χ1v) is 9.27. The van der Waals surface area contributed by atoms with Crippen molar-refractivity contribution in [1.82, 2.24) is 0 Å². The first-order valence-electron chi connectivity index (χ1n) is 9.27. The van der Waals surface area contributed by atoms with Crippen molar-refractivity contribution in [1.29, 1.82) is 0 Å². The molecule has 1 aliphatic carbocycles. The van der Waals surface area contributed by atoms with Crippen LogP contribution in [0.4, 0.5) is 24.5 Å². The van der Waals surface area contributed by atoms with Gasteiger partial charge in [0.1, 0.15) is 5.78 Å². The van der Waals surface area contributed by atoms with Gasteiger partial charge >= 0.3 is 6.18 Å². The number of nitrogens with zero attached hydrogens (tertiary/aromatic N) is 1. The number of ketones is 1. The quantitative estimate of drug-likeness (QED) is 0.658. The van der Waals surface area contributed by atoms with E-state index in [0.29, 0.717) is 18.4 Å². The lowest BCUT2D eigenvalue weighted by Crippen LogP contribution is -2.42. The van der Waals surface area contributed by atoms with E-state index in [1.54, 1.807) is 0 Å². The molecule has 3 nitrogen and oxygen atoms in total. The summed E-state index contributed by atoms with van der Waals surface area (Å²) >= 11 is 0. The van der Waals surface area contributed by atoms with Crippen molar-refractivity contribution in [2.45, 2.75) is 38.9 Å². The molecule has 0 aromatic heterocycles. The van der Waals surface area contributed by atoms with Gasteiger partial charge in [0.05, 0.1) is 28.9 Å². The molecule has 0 radical (unpaired) electrons. The topological polar surface area (TPSA) is 41.5 Å². The van der Waals surface area contributed by atoms with E-state index in [4.69, 9.17) is 4.99 Å². The lowest BCUT2D eigenvalue weighted by Gasteiger charge is -2.37. The van der Waals surface area contributed by atoms with Gasteiger partial charge in [0.15, 0.2) is 0 Å². The standard InChI is InChI=1S/C22H21F3N2O/c1-21(2)11-17-19(18(28)12-21)20(27-16-6-4-3-5-15(16)26-17)13-7-9-14(10-8-13)22(23,24)25/h3-10,19-20,27H,11-12H2,1-2H3/t19?,20-/m0/s1. The van der Waals surface area contributed by atoms with Crippen LogP contribution in [-0.4, -0.2) is 11.5 Å². The summed E-state index contributed by atoms with van der Waals surface area (Å²) in [6, 6.07) is 12.1. The molecule has 1 unspecified atom stereocenters. The summed E-state index contributed by atoms with van der Waals surface area (Å²) in [6.07, 6.45) is -3.29. The number of nitrogens with one attached hydrogen (secondary N) is 1. The van der Waals surface area contributed by atoms with Crippen molar-refractivity contribution in [3.05, 3.63) is 59.7 Å². The normalized spacial score (nSPS) is 23.8. The Bertz CT molecular complexity index is 945. The average molecular weight is 386 g/mol. The molecule has 2 aromatic carbocycles. The van der Waals surface area contributed by atoms with Crippen LogP contribution in [0.5, 0.6) is 0 Å². The fourth-order valence-electron chi connectivity index (χ4n) is 4.17. The summed E-state index contributed by atoms with van der Waals surface area (Å²) in [5.41, 5.74) is 2.09. The van der Waals surface area contributed by atoms with Crippen LogP contribution in [0.3, 0.4) is 0 Å². The minimum absolute atomic E-state index is 0.0696. The highest BCUT2D eigenvalue weighted by atomic mass is 19.4. The molecule has 2 aliphatic rings. The zero-order valence-corrected chi connectivity index (χ0v) is 15.7. The van der Waals surface area contributed by atoms with Crippen molar-refractivity contribution in [3.8, 4) is 0 Å². The molecule has 1 saturated carbocycles. The fourth-order valence-corrected chi connectivity index (χ4v) is 4.17. The maximum Gasteiger partial charge on any atom is 0.416 e. The zero-order valence-electron chi connectivity index (χ0n) is 15.7. The fraction of sp³-hybridized carbons (Fsp3) is 0.364. The van der Waals surface area contributed by atoms with Gasteiger partial charge < -0.3 is 5.32 Å². The molecule has 1 N–H and O–H groups in total. The Hall–Kier alpha value is -2.63. The number of rotatable bonds is 1. The van der Waals surface area contributed by atoms with Crippen LogP contribution in [0.15, 0.2) is 53.5 Å². The molecule has 2 atom stereocenters. The molecule has 1 heterocycles. The molecule has 0 spiro atoms. The minimum Gasteiger partial charge on any atom is -0.375 e. The summed E-state index contributed by atoms with van der Waals surface area (Å²) in [5.74, 6) is -0.419. The second-order valence-electron chi connectivity index (χ2n) is 8.32. The van der Waals surface area contributed by atoms with Crippen LogP contribution in [0.1, 0.15) is 43.9 Å². The van der Waals surface area contributed by atoms with Crippen LogP contribution in [0, 0.1) is 11.3 Å². The average Bonchev–Trinajstić information content (AvgIpc) is 2.76. The third kappa shape index (κ3) is 3.43. The summed E-state index contributed by atoms with van der Waals surface area (Å²) in [6.45, 7) is 4.09. The highest BCUT2D eigenvalue weighted by Crippen LogP contribution is 2.45. The van der Waals surface area contributed by atoms with Crippen molar-refractivity contribution >= 4 is 22.9 Å². The van der Waals surface area contributed by atoms with Gasteiger partial charge in [0, 0.05) is 12.1 Å². The smallest absolute Gasteiger partial charge is 0.375 e. The minimum atomic E-state index is -4.39. The number of aliphatic imine (C=N–C) groups is 1. The van der Waals surface area contributed by atoms with E-state index in [1.807, 2.05) is 38.1 Å². The summed E-state index contributed by atoms with van der Waals surface area (Å²) in [4.78, 5) is 17.9. The van der Waals surface area contributed by atoms with Crippen LogP contribution < -0.4 is 5.32 Å². The molecule has 146 valence electrons. The molecule has 28 heavy (non-hydrogen) atoms. The molecule has 1 fully saturated rings. The highest BCUT2D eigenvalue weighted by Gasteiger charge is 2.44. The van der Waals surface area contributed by atoms with Gasteiger partial charge in [-0.2, -0.15) is 13.2 Å². The molecule has 4 rings (SSSR count). The third-order valence-corrected chi connectivity index (χ3v) is 5.43. The Labute approximate surface area is 161 Å². The van der Waals surface area contributed by atoms with E-state index in [1.165, 1.54) is 12.1 Å². The third-order valence-electron chi connectivity index (χ3n) is 5.43. The molecular weight excluding hydrogens is 365 g/mol. The number of para-hydroxylation sites is 2. The van der Waals surface area contributed by atoms with E-state index < -0.39 is 23.7 Å². The van der Waals surface area contributed by atoms with E-state index in [2.05, 4.69) is 5.32 Å². The van der Waals surface area contributed by atoms with E-state index >= 15 is 0 Å². The Morgan fingerprint density at radius 3 is 2.39 bits per heavy atom. The van der Waals surface area contributed by atoms with Crippen molar-refractivity contribution in [2.75, 3.05) is 5.32 Å². The summed E-state index contributed by atoms with van der Waals surface area (Å²) < 4.78 is 38.9. The van der Waals surface area contributed by atoms with Crippen molar-refractivity contribution in [3.63, 3.8) is 0 Å². The van der Waals surface area contributed by atoms with Gasteiger partial charge in [-0.3, -0.25) is 9.79 Å². The second-order valence-corrected chi connectivity index (χ2v) is 8.32. The summed E-state index contributed by atoms with van der Waals surface area (Å²) in [5, 5.41) is 3.37. The number of alkyl halides is 3. The number of Topliss-reactive ketones (excluding diaryl/α,β-unsaturated/α-hetero) is 1. The van der Waals surface area contributed by atoms with Crippen LogP contribution in [0.2, 0.25) is 0 Å². The molecule has 2 aromatic rings. The van der Waals surface area contributed by atoms with E-state index in [-0.39, 0.29) is 11.2 Å². The molecule has 0 amide bonds. The SMILES string of the molecule is CC1(C)CC(=O)C2C(=Nc3ccccc3N[C@H]2c2ccc(C(F)(F)F)cc2)C1.